The van der Waals surface area contributed by atoms with Crippen molar-refractivity contribution in [2.45, 2.75) is 44.9 Å². The van der Waals surface area contributed by atoms with Crippen LogP contribution >= 0.6 is 23.2 Å². The first-order valence-electron chi connectivity index (χ1n) is 7.15. The van der Waals surface area contributed by atoms with Crippen molar-refractivity contribution in [3.63, 3.8) is 0 Å². The molecule has 2 aliphatic carbocycles. The van der Waals surface area contributed by atoms with Crippen LogP contribution in [0.15, 0.2) is 12.1 Å². The van der Waals surface area contributed by atoms with Crippen LogP contribution in [0.25, 0.3) is 10.9 Å². The number of rotatable bonds is 0. The van der Waals surface area contributed by atoms with Gasteiger partial charge in [-0.15, -0.1) is 0 Å². The average Bonchev–Trinajstić information content (AvgIpc) is 2.96. The Morgan fingerprint density at radius 3 is 2.63 bits per heavy atom. The highest BCUT2D eigenvalue weighted by Gasteiger charge is 2.38. The Labute approximate surface area is 123 Å². The Balaban J connectivity index is 1.89. The lowest BCUT2D eigenvalue weighted by Gasteiger charge is -2.33. The van der Waals surface area contributed by atoms with Gasteiger partial charge < -0.3 is 4.98 Å². The molecule has 0 unspecified atom stereocenters. The third-order valence-corrected chi connectivity index (χ3v) is 5.66. The molecule has 1 saturated carbocycles. The molecule has 1 aromatic heterocycles. The molecular weight excluding hydrogens is 277 g/mol. The van der Waals surface area contributed by atoms with Crippen molar-refractivity contribution in [3.8, 4) is 0 Å². The number of aromatic amines is 1. The first-order valence-corrected chi connectivity index (χ1v) is 7.91. The van der Waals surface area contributed by atoms with Gasteiger partial charge in [-0.3, -0.25) is 0 Å². The summed E-state index contributed by atoms with van der Waals surface area (Å²) in [6.07, 6.45) is 9.30. The Morgan fingerprint density at radius 1 is 1.05 bits per heavy atom. The lowest BCUT2D eigenvalue weighted by molar-refractivity contribution is 0.255. The molecule has 2 aliphatic rings. The fourth-order valence-electron chi connectivity index (χ4n) is 4.15. The lowest BCUT2D eigenvalue weighted by Crippen LogP contribution is -2.25. The van der Waals surface area contributed by atoms with Crippen LogP contribution in [-0.4, -0.2) is 4.98 Å². The minimum Gasteiger partial charge on any atom is -0.357 e. The molecule has 0 saturated heterocycles. The zero-order valence-corrected chi connectivity index (χ0v) is 12.4. The first-order chi connectivity index (χ1) is 9.17. The molecule has 1 nitrogen and oxygen atoms in total. The van der Waals surface area contributed by atoms with Gasteiger partial charge in [0.1, 0.15) is 0 Å². The van der Waals surface area contributed by atoms with Crippen molar-refractivity contribution in [2.24, 2.45) is 5.41 Å². The van der Waals surface area contributed by atoms with Crippen molar-refractivity contribution in [3.05, 3.63) is 33.4 Å². The number of hydrogen-bond acceptors (Lipinski definition) is 0. The third kappa shape index (κ3) is 1.82. The molecule has 1 aromatic carbocycles. The monoisotopic (exact) mass is 293 g/mol. The second-order valence-corrected chi connectivity index (χ2v) is 7.12. The molecular formula is C16H17Cl2N. The van der Waals surface area contributed by atoms with Gasteiger partial charge in [0.25, 0.3) is 0 Å². The Bertz CT molecular complexity index is 650. The molecule has 3 heteroatoms. The van der Waals surface area contributed by atoms with Crippen LogP contribution in [0.2, 0.25) is 10.0 Å². The van der Waals surface area contributed by atoms with Crippen LogP contribution in [0.5, 0.6) is 0 Å². The number of halogens is 2. The van der Waals surface area contributed by atoms with Gasteiger partial charge in [-0.1, -0.05) is 36.0 Å². The molecule has 100 valence electrons. The van der Waals surface area contributed by atoms with Crippen molar-refractivity contribution in [2.75, 3.05) is 0 Å². The van der Waals surface area contributed by atoms with Crippen molar-refractivity contribution in [1.29, 1.82) is 0 Å². The van der Waals surface area contributed by atoms with Gasteiger partial charge in [-0.25, -0.2) is 0 Å². The molecule has 0 aliphatic heterocycles. The standard InChI is InChI=1S/C16H17Cl2N/c17-10-7-11-12-9-16(4-1-2-5-16)6-3-14(12)19-15(11)13(18)8-10/h7-8,19H,1-6,9H2. The minimum absolute atomic E-state index is 0.566. The maximum Gasteiger partial charge on any atom is 0.0662 e. The summed E-state index contributed by atoms with van der Waals surface area (Å²) in [6, 6.07) is 3.91. The largest absolute Gasteiger partial charge is 0.357 e. The number of benzene rings is 1. The third-order valence-electron chi connectivity index (χ3n) is 5.14. The smallest absolute Gasteiger partial charge is 0.0662 e. The summed E-state index contributed by atoms with van der Waals surface area (Å²) in [5, 5.41) is 2.74. The molecule has 0 atom stereocenters. The average molecular weight is 294 g/mol. The summed E-state index contributed by atoms with van der Waals surface area (Å²) in [5.74, 6) is 0. The van der Waals surface area contributed by atoms with E-state index in [0.717, 1.165) is 22.0 Å². The molecule has 0 radical (unpaired) electrons. The molecule has 0 amide bonds. The molecule has 19 heavy (non-hydrogen) atoms. The minimum atomic E-state index is 0.566. The van der Waals surface area contributed by atoms with E-state index in [9.17, 15) is 0 Å². The Hall–Kier alpha value is -0.660. The van der Waals surface area contributed by atoms with Gasteiger partial charge in [0.2, 0.25) is 0 Å². The van der Waals surface area contributed by atoms with Gasteiger partial charge in [0, 0.05) is 16.1 Å². The van der Waals surface area contributed by atoms with Gasteiger partial charge in [0.15, 0.2) is 0 Å². The second-order valence-electron chi connectivity index (χ2n) is 6.28. The van der Waals surface area contributed by atoms with Crippen molar-refractivity contribution >= 4 is 34.1 Å². The van der Waals surface area contributed by atoms with E-state index < -0.39 is 0 Å². The van der Waals surface area contributed by atoms with Crippen LogP contribution in [-0.2, 0) is 12.8 Å². The highest BCUT2D eigenvalue weighted by molar-refractivity contribution is 6.38. The summed E-state index contributed by atoms with van der Waals surface area (Å²) in [7, 11) is 0. The number of fused-ring (bicyclic) bond motifs is 3. The van der Waals surface area contributed by atoms with Crippen LogP contribution in [0.3, 0.4) is 0 Å². The molecule has 0 bridgehead atoms. The van der Waals surface area contributed by atoms with E-state index in [4.69, 9.17) is 23.2 Å². The highest BCUT2D eigenvalue weighted by Crippen LogP contribution is 2.49. The quantitative estimate of drug-likeness (QED) is 0.658. The number of H-pyrrole nitrogens is 1. The highest BCUT2D eigenvalue weighted by atomic mass is 35.5. The normalized spacial score (nSPS) is 21.2. The zero-order chi connectivity index (χ0) is 13.0. The molecule has 2 aromatic rings. The number of aryl methyl sites for hydroxylation is 1. The summed E-state index contributed by atoms with van der Waals surface area (Å²) in [4.78, 5) is 3.53. The van der Waals surface area contributed by atoms with Crippen LogP contribution in [0.1, 0.15) is 43.4 Å². The van der Waals surface area contributed by atoms with E-state index in [1.54, 1.807) is 0 Å². The number of aromatic nitrogens is 1. The van der Waals surface area contributed by atoms with E-state index in [-0.39, 0.29) is 0 Å². The Morgan fingerprint density at radius 2 is 1.84 bits per heavy atom. The van der Waals surface area contributed by atoms with Crippen LogP contribution < -0.4 is 0 Å². The van der Waals surface area contributed by atoms with Gasteiger partial charge in [-0.05, 0) is 55.2 Å². The summed E-state index contributed by atoms with van der Waals surface area (Å²) < 4.78 is 0. The van der Waals surface area contributed by atoms with Crippen LogP contribution in [0.4, 0.5) is 0 Å². The summed E-state index contributed by atoms with van der Waals surface area (Å²) >= 11 is 12.5. The fourth-order valence-corrected chi connectivity index (χ4v) is 4.69. The molecule has 1 spiro atoms. The molecule has 4 rings (SSSR count). The number of hydrogen-bond donors (Lipinski definition) is 1. The summed E-state index contributed by atoms with van der Waals surface area (Å²) in [6.45, 7) is 0. The van der Waals surface area contributed by atoms with E-state index in [1.807, 2.05) is 6.07 Å². The van der Waals surface area contributed by atoms with Crippen molar-refractivity contribution < 1.29 is 0 Å². The Kier molecular flexibility index (Phi) is 2.65. The maximum atomic E-state index is 6.32. The van der Waals surface area contributed by atoms with Crippen LogP contribution in [0, 0.1) is 5.41 Å². The van der Waals surface area contributed by atoms with Crippen molar-refractivity contribution in [1.82, 2.24) is 4.98 Å². The van der Waals surface area contributed by atoms with Gasteiger partial charge in [0.05, 0.1) is 10.5 Å². The number of nitrogens with one attached hydrogen (secondary N) is 1. The maximum absolute atomic E-state index is 6.32. The molecule has 1 fully saturated rings. The van der Waals surface area contributed by atoms with Gasteiger partial charge in [-0.2, -0.15) is 0 Å². The van der Waals surface area contributed by atoms with E-state index in [2.05, 4.69) is 11.1 Å². The predicted molar refractivity (Wildman–Crippen MR) is 81.2 cm³/mol. The molecule has 1 N–H and O–H groups in total. The predicted octanol–water partition coefficient (Wildman–Crippen LogP) is 5.52. The summed E-state index contributed by atoms with van der Waals surface area (Å²) in [5.41, 5.74) is 4.51. The fraction of sp³-hybridized carbons (Fsp3) is 0.500. The second kappa shape index (κ2) is 4.17. The van der Waals surface area contributed by atoms with Gasteiger partial charge >= 0.3 is 0 Å². The zero-order valence-electron chi connectivity index (χ0n) is 10.9. The topological polar surface area (TPSA) is 15.8 Å². The first kappa shape index (κ1) is 12.1. The molecule has 1 heterocycles. The van der Waals surface area contributed by atoms with E-state index >= 15 is 0 Å². The SMILES string of the molecule is Clc1cc(Cl)c2[nH]c3c(c2c1)CC1(CCCC1)CC3. The lowest BCUT2D eigenvalue weighted by atomic mass is 9.72. The van der Waals surface area contributed by atoms with E-state index in [1.165, 1.54) is 55.2 Å². The van der Waals surface area contributed by atoms with E-state index in [0.29, 0.717) is 5.41 Å².